The molecular weight excluding hydrogens is 462 g/mol. The van der Waals surface area contributed by atoms with Crippen LogP contribution in [0.5, 0.6) is 0 Å². The number of hydrogen-bond acceptors (Lipinski definition) is 5. The molecule has 3 unspecified atom stereocenters. The van der Waals surface area contributed by atoms with Crippen LogP contribution in [-0.2, 0) is 0 Å². The molecule has 37 heavy (non-hydrogen) atoms. The van der Waals surface area contributed by atoms with E-state index >= 15 is 0 Å². The number of carbonyl (C=O) groups is 1. The number of anilines is 1. The minimum atomic E-state index is -0.168. The van der Waals surface area contributed by atoms with Crippen LogP contribution in [0.25, 0.3) is 22.2 Å². The summed E-state index contributed by atoms with van der Waals surface area (Å²) in [5.41, 5.74) is 5.51. The quantitative estimate of drug-likeness (QED) is 0.352. The second-order valence-corrected chi connectivity index (χ2v) is 10.8. The van der Waals surface area contributed by atoms with E-state index in [0.717, 1.165) is 66.4 Å². The molecule has 4 heterocycles. The molecule has 2 aromatic carbocycles. The molecule has 1 saturated carbocycles. The number of rotatable bonds is 6. The summed E-state index contributed by atoms with van der Waals surface area (Å²) in [4.78, 5) is 20.3. The molecule has 4 aromatic rings. The van der Waals surface area contributed by atoms with E-state index in [2.05, 4.69) is 49.7 Å². The Morgan fingerprint density at radius 1 is 1.00 bits per heavy atom. The number of nitrogens with zero attached hydrogens (tertiary/aromatic N) is 3. The van der Waals surface area contributed by atoms with Crippen molar-refractivity contribution in [1.82, 2.24) is 20.5 Å². The van der Waals surface area contributed by atoms with Crippen molar-refractivity contribution in [3.05, 3.63) is 78.1 Å². The molecule has 0 spiro atoms. The summed E-state index contributed by atoms with van der Waals surface area (Å²) in [6.45, 7) is 0. The summed E-state index contributed by atoms with van der Waals surface area (Å²) in [6, 6.07) is 20.9. The van der Waals surface area contributed by atoms with E-state index in [9.17, 15) is 9.90 Å². The van der Waals surface area contributed by atoms with Crippen molar-refractivity contribution in [2.24, 2.45) is 5.92 Å². The Labute approximate surface area is 215 Å². The smallest absolute Gasteiger partial charge is 0.251 e. The van der Waals surface area contributed by atoms with E-state index in [-0.39, 0.29) is 18.1 Å². The fraction of sp³-hybridized carbons (Fsp3) is 0.367. The standard InChI is InChI=1S/C30H31N5O2/c36-24-16-22-11-12-23(17-24)35(22)21-9-6-18(7-10-21)28-25-15-20(8-13-26(25)33-34-28)30(37)32-29(19-4-5-19)27-3-1-2-14-31-27/h1-3,6-10,13-15,19,22-24,29,36H,4-5,11-12,16-17H2,(H,32,37)(H,33,34). The monoisotopic (exact) mass is 493 g/mol. The van der Waals surface area contributed by atoms with Gasteiger partial charge in [-0.2, -0.15) is 5.10 Å². The minimum absolute atomic E-state index is 0.0630. The Balaban J connectivity index is 1.14. The number of fused-ring (bicyclic) bond motifs is 3. The van der Waals surface area contributed by atoms with E-state index in [1.54, 1.807) is 6.20 Å². The molecule has 3 atom stereocenters. The van der Waals surface area contributed by atoms with Crippen molar-refractivity contribution in [2.45, 2.75) is 62.8 Å². The number of H-pyrrole nitrogens is 1. The van der Waals surface area contributed by atoms with E-state index in [0.29, 0.717) is 23.6 Å². The van der Waals surface area contributed by atoms with Crippen molar-refractivity contribution in [2.75, 3.05) is 4.90 Å². The Kier molecular flexibility index (Phi) is 5.47. The zero-order chi connectivity index (χ0) is 24.9. The number of aromatic amines is 1. The van der Waals surface area contributed by atoms with Crippen LogP contribution >= 0.6 is 0 Å². The molecule has 1 amide bonds. The van der Waals surface area contributed by atoms with Crippen molar-refractivity contribution < 1.29 is 9.90 Å². The molecule has 188 valence electrons. The Bertz CT molecular complexity index is 1420. The fourth-order valence-electron chi connectivity index (χ4n) is 6.38. The molecule has 1 aliphatic carbocycles. The van der Waals surface area contributed by atoms with Crippen molar-refractivity contribution in [3.63, 3.8) is 0 Å². The number of aliphatic hydroxyl groups is 1. The van der Waals surface area contributed by atoms with Crippen LogP contribution in [0.2, 0.25) is 0 Å². The van der Waals surface area contributed by atoms with Crippen molar-refractivity contribution >= 4 is 22.5 Å². The van der Waals surface area contributed by atoms with Gasteiger partial charge in [-0.1, -0.05) is 18.2 Å². The Morgan fingerprint density at radius 2 is 1.78 bits per heavy atom. The first kappa shape index (κ1) is 22.5. The predicted octanol–water partition coefficient (Wildman–Crippen LogP) is 5.00. The zero-order valence-corrected chi connectivity index (χ0v) is 20.7. The fourth-order valence-corrected chi connectivity index (χ4v) is 6.38. The van der Waals surface area contributed by atoms with Crippen LogP contribution in [0, 0.1) is 5.92 Å². The molecule has 3 N–H and O–H groups in total. The molecular formula is C30H31N5O2. The summed E-state index contributed by atoms with van der Waals surface area (Å²) in [5, 5.41) is 22.0. The van der Waals surface area contributed by atoms with Crippen LogP contribution in [0.1, 0.15) is 60.6 Å². The van der Waals surface area contributed by atoms with Crippen LogP contribution in [0.4, 0.5) is 5.69 Å². The average molecular weight is 494 g/mol. The third kappa shape index (κ3) is 4.17. The molecule has 7 heteroatoms. The summed E-state index contributed by atoms with van der Waals surface area (Å²) in [7, 11) is 0. The number of amides is 1. The van der Waals surface area contributed by atoms with Crippen molar-refractivity contribution in [1.29, 1.82) is 0 Å². The summed E-state index contributed by atoms with van der Waals surface area (Å²) in [5.74, 6) is 0.360. The number of aliphatic hydroxyl groups excluding tert-OH is 1. The van der Waals surface area contributed by atoms with Crippen molar-refractivity contribution in [3.8, 4) is 11.3 Å². The average Bonchev–Trinajstić information content (AvgIpc) is 3.62. The molecule has 2 aliphatic heterocycles. The number of nitrogens with one attached hydrogen (secondary N) is 2. The predicted molar refractivity (Wildman–Crippen MR) is 143 cm³/mol. The minimum Gasteiger partial charge on any atom is -0.393 e. The highest BCUT2D eigenvalue weighted by atomic mass is 16.3. The molecule has 3 fully saturated rings. The van der Waals surface area contributed by atoms with Gasteiger partial charge >= 0.3 is 0 Å². The lowest BCUT2D eigenvalue weighted by atomic mass is 9.98. The van der Waals surface area contributed by atoms with Gasteiger partial charge in [-0.25, -0.2) is 0 Å². The third-order valence-electron chi connectivity index (χ3n) is 8.36. The topological polar surface area (TPSA) is 94.1 Å². The van der Waals surface area contributed by atoms with E-state index < -0.39 is 0 Å². The molecule has 2 saturated heterocycles. The largest absolute Gasteiger partial charge is 0.393 e. The molecule has 0 radical (unpaired) electrons. The molecule has 2 aromatic heterocycles. The van der Waals surface area contributed by atoms with Crippen LogP contribution in [-0.4, -0.2) is 44.4 Å². The first-order valence-corrected chi connectivity index (χ1v) is 13.4. The van der Waals surface area contributed by atoms with Crippen LogP contribution in [0.3, 0.4) is 0 Å². The second kappa shape index (κ2) is 8.99. The van der Waals surface area contributed by atoms with E-state index in [4.69, 9.17) is 0 Å². The highest BCUT2D eigenvalue weighted by Crippen LogP contribution is 2.41. The SMILES string of the molecule is O=C(NC(c1ccccn1)C1CC1)c1ccc2[nH]nc(-c3ccc(N4C5CCC4CC(O)C5)cc3)c2c1. The maximum atomic E-state index is 13.3. The Morgan fingerprint density at radius 3 is 2.49 bits per heavy atom. The van der Waals surface area contributed by atoms with Gasteiger partial charge in [-0.15, -0.1) is 0 Å². The van der Waals surface area contributed by atoms with Gasteiger partial charge in [-0.05, 0) is 86.9 Å². The maximum Gasteiger partial charge on any atom is 0.251 e. The zero-order valence-electron chi connectivity index (χ0n) is 20.7. The Hall–Kier alpha value is -3.71. The van der Waals surface area contributed by atoms with Gasteiger partial charge in [0.2, 0.25) is 0 Å². The van der Waals surface area contributed by atoms with Crippen LogP contribution < -0.4 is 10.2 Å². The van der Waals surface area contributed by atoms with Gasteiger partial charge in [0.15, 0.2) is 0 Å². The normalized spacial score (nSPS) is 23.8. The van der Waals surface area contributed by atoms with Gasteiger partial charge in [0.25, 0.3) is 5.91 Å². The van der Waals surface area contributed by atoms with Gasteiger partial charge in [-0.3, -0.25) is 14.9 Å². The van der Waals surface area contributed by atoms with Gasteiger partial charge < -0.3 is 15.3 Å². The number of pyridine rings is 1. The highest BCUT2D eigenvalue weighted by Gasteiger charge is 2.40. The summed E-state index contributed by atoms with van der Waals surface area (Å²) < 4.78 is 0. The van der Waals surface area contributed by atoms with Gasteiger partial charge in [0, 0.05) is 40.5 Å². The molecule has 7 rings (SSSR count). The number of carbonyl (C=O) groups excluding carboxylic acids is 1. The van der Waals surface area contributed by atoms with E-state index in [1.807, 2.05) is 36.4 Å². The van der Waals surface area contributed by atoms with E-state index in [1.165, 1.54) is 5.69 Å². The maximum absolute atomic E-state index is 13.3. The van der Waals surface area contributed by atoms with Gasteiger partial charge in [0.1, 0.15) is 0 Å². The first-order chi connectivity index (χ1) is 18.1. The summed E-state index contributed by atoms with van der Waals surface area (Å²) in [6.07, 6.45) is 7.86. The summed E-state index contributed by atoms with van der Waals surface area (Å²) >= 11 is 0. The molecule has 3 aliphatic rings. The molecule has 7 nitrogen and oxygen atoms in total. The third-order valence-corrected chi connectivity index (χ3v) is 8.36. The van der Waals surface area contributed by atoms with Crippen LogP contribution in [0.15, 0.2) is 66.9 Å². The lowest BCUT2D eigenvalue weighted by molar-refractivity contribution is 0.0930. The number of piperidine rings is 1. The van der Waals surface area contributed by atoms with Gasteiger partial charge in [0.05, 0.1) is 29.1 Å². The first-order valence-electron chi connectivity index (χ1n) is 13.4. The number of hydrogen-bond donors (Lipinski definition) is 3. The number of benzene rings is 2. The molecule has 2 bridgehead atoms. The lowest BCUT2D eigenvalue weighted by Gasteiger charge is -2.39. The number of aromatic nitrogens is 3. The second-order valence-electron chi connectivity index (χ2n) is 10.8. The highest BCUT2D eigenvalue weighted by molar-refractivity contribution is 6.01. The lowest BCUT2D eigenvalue weighted by Crippen LogP contribution is -2.44.